The van der Waals surface area contributed by atoms with Crippen LogP contribution in [0, 0.1) is 0 Å². The van der Waals surface area contributed by atoms with Gasteiger partial charge in [0.25, 0.3) is 0 Å². The molecule has 1 aromatic rings. The molecule has 0 saturated carbocycles. The predicted molar refractivity (Wildman–Crippen MR) is 51.0 cm³/mol. The third-order valence-corrected chi connectivity index (χ3v) is 2.06. The lowest BCUT2D eigenvalue weighted by Crippen LogP contribution is -2.01. The summed E-state index contributed by atoms with van der Waals surface area (Å²) in [5, 5.41) is 9.13. The van der Waals surface area contributed by atoms with Crippen LogP contribution in [0.3, 0.4) is 0 Å². The van der Waals surface area contributed by atoms with Gasteiger partial charge >= 0.3 is 0 Å². The molecule has 1 N–H and O–H groups in total. The normalized spacial score (nSPS) is 12.9. The molecule has 1 aromatic carbocycles. The summed E-state index contributed by atoms with van der Waals surface area (Å²) in [5.74, 6) is 1.80. The summed E-state index contributed by atoms with van der Waals surface area (Å²) in [4.78, 5) is 0. The van der Waals surface area contributed by atoms with Crippen LogP contribution < -0.4 is 14.2 Å². The van der Waals surface area contributed by atoms with Crippen LogP contribution in [0.5, 0.6) is 17.2 Å². The quantitative estimate of drug-likeness (QED) is 0.751. The Hall–Kier alpha value is -1.46. The maximum atomic E-state index is 9.13. The molecule has 0 bridgehead atoms. The number of hydrogen-bond donors (Lipinski definition) is 1. The van der Waals surface area contributed by atoms with Gasteiger partial charge in [-0.3, -0.25) is 0 Å². The van der Waals surface area contributed by atoms with Crippen LogP contribution in [-0.2, 0) is 11.3 Å². The second-order valence-corrected chi connectivity index (χ2v) is 3.02. The number of fused-ring (bicyclic) bond motifs is 1. The van der Waals surface area contributed by atoms with E-state index in [-0.39, 0.29) is 20.2 Å². The van der Waals surface area contributed by atoms with Crippen LogP contribution in [0.1, 0.15) is 5.56 Å². The summed E-state index contributed by atoms with van der Waals surface area (Å²) < 4.78 is 20.4. The van der Waals surface area contributed by atoms with Crippen molar-refractivity contribution in [3.63, 3.8) is 0 Å². The second-order valence-electron chi connectivity index (χ2n) is 3.02. The Labute approximate surface area is 87.1 Å². The number of aliphatic hydroxyl groups excluding tert-OH is 1. The van der Waals surface area contributed by atoms with Gasteiger partial charge in [0.1, 0.15) is 5.75 Å². The largest absolute Gasteiger partial charge is 0.467 e. The van der Waals surface area contributed by atoms with Gasteiger partial charge in [0.2, 0.25) is 6.79 Å². The Bertz CT molecular complexity index is 350. The van der Waals surface area contributed by atoms with Crippen molar-refractivity contribution in [2.75, 3.05) is 20.7 Å². The molecule has 0 aliphatic carbocycles. The van der Waals surface area contributed by atoms with Crippen molar-refractivity contribution < 1.29 is 24.1 Å². The smallest absolute Gasteiger partial charge is 0.231 e. The second kappa shape index (κ2) is 4.37. The Morgan fingerprint density at radius 1 is 1.33 bits per heavy atom. The topological polar surface area (TPSA) is 57.2 Å². The van der Waals surface area contributed by atoms with Crippen molar-refractivity contribution in [1.82, 2.24) is 0 Å². The molecular weight excluding hydrogens is 200 g/mol. The molecule has 82 valence electrons. The molecule has 0 saturated heterocycles. The third-order valence-electron chi connectivity index (χ3n) is 2.06. The average molecular weight is 212 g/mol. The predicted octanol–water partition coefficient (Wildman–Crippen LogP) is 0.890. The summed E-state index contributed by atoms with van der Waals surface area (Å²) in [6, 6.07) is 3.39. The summed E-state index contributed by atoms with van der Waals surface area (Å²) in [5.41, 5.74) is 0.649. The molecule has 15 heavy (non-hydrogen) atoms. The van der Waals surface area contributed by atoms with Gasteiger partial charge in [0, 0.05) is 18.7 Å². The first kappa shape index (κ1) is 10.1. The highest BCUT2D eigenvalue weighted by Crippen LogP contribution is 2.38. The molecule has 5 heteroatoms. The van der Waals surface area contributed by atoms with Crippen molar-refractivity contribution in [3.05, 3.63) is 17.7 Å². The average Bonchev–Trinajstić information content (AvgIpc) is 2.71. The van der Waals surface area contributed by atoms with Gasteiger partial charge < -0.3 is 24.1 Å². The Morgan fingerprint density at radius 2 is 2.07 bits per heavy atom. The minimum absolute atomic E-state index is 0.115. The fourth-order valence-corrected chi connectivity index (χ4v) is 1.35. The number of ether oxygens (including phenoxy) is 4. The van der Waals surface area contributed by atoms with E-state index < -0.39 is 0 Å². The molecular formula is C10H12O5. The zero-order valence-electron chi connectivity index (χ0n) is 8.36. The fraction of sp³-hybridized carbons (Fsp3) is 0.400. The van der Waals surface area contributed by atoms with Crippen molar-refractivity contribution in [3.8, 4) is 17.2 Å². The molecule has 5 nitrogen and oxygen atoms in total. The van der Waals surface area contributed by atoms with E-state index in [1.165, 1.54) is 7.11 Å². The number of rotatable bonds is 4. The third kappa shape index (κ3) is 1.98. The molecule has 0 fully saturated rings. The Morgan fingerprint density at radius 3 is 2.73 bits per heavy atom. The summed E-state index contributed by atoms with van der Waals surface area (Å²) >= 11 is 0. The van der Waals surface area contributed by atoms with E-state index in [1.807, 2.05) is 0 Å². The van der Waals surface area contributed by atoms with Gasteiger partial charge in [0.05, 0.1) is 6.61 Å². The zero-order chi connectivity index (χ0) is 10.7. The number of aliphatic hydroxyl groups is 1. The maximum absolute atomic E-state index is 9.13. The van der Waals surface area contributed by atoms with Gasteiger partial charge in [0.15, 0.2) is 18.3 Å². The van der Waals surface area contributed by atoms with Crippen LogP contribution in [0.25, 0.3) is 0 Å². The van der Waals surface area contributed by atoms with E-state index >= 15 is 0 Å². The molecule has 0 unspecified atom stereocenters. The van der Waals surface area contributed by atoms with E-state index in [1.54, 1.807) is 12.1 Å². The molecule has 2 rings (SSSR count). The standard InChI is InChI=1S/C10H12O5/c1-12-5-13-8-3-10-9(14-6-15-10)2-7(8)4-11/h2-3,11H,4-6H2,1H3. The lowest BCUT2D eigenvalue weighted by atomic mass is 10.2. The monoisotopic (exact) mass is 212 g/mol. The molecule has 0 atom stereocenters. The lowest BCUT2D eigenvalue weighted by Gasteiger charge is -2.09. The lowest BCUT2D eigenvalue weighted by molar-refractivity contribution is 0.0494. The first-order valence-electron chi connectivity index (χ1n) is 4.50. The number of hydrogen-bond acceptors (Lipinski definition) is 5. The van der Waals surface area contributed by atoms with Crippen molar-refractivity contribution in [2.24, 2.45) is 0 Å². The van der Waals surface area contributed by atoms with E-state index in [2.05, 4.69) is 0 Å². The van der Waals surface area contributed by atoms with Crippen LogP contribution in [0.2, 0.25) is 0 Å². The van der Waals surface area contributed by atoms with Gasteiger partial charge in [-0.1, -0.05) is 0 Å². The highest BCUT2D eigenvalue weighted by molar-refractivity contribution is 5.51. The number of benzene rings is 1. The SMILES string of the molecule is COCOc1cc2c(cc1CO)OCO2. The van der Waals surface area contributed by atoms with Gasteiger partial charge in [-0.15, -0.1) is 0 Å². The van der Waals surface area contributed by atoms with Crippen LogP contribution in [0.15, 0.2) is 12.1 Å². The summed E-state index contributed by atoms with van der Waals surface area (Å²) in [6.45, 7) is 0.219. The Kier molecular flexibility index (Phi) is 2.94. The minimum Gasteiger partial charge on any atom is -0.467 e. The maximum Gasteiger partial charge on any atom is 0.231 e. The fourth-order valence-electron chi connectivity index (χ4n) is 1.35. The highest BCUT2D eigenvalue weighted by atomic mass is 16.7. The van der Waals surface area contributed by atoms with Crippen LogP contribution in [0.4, 0.5) is 0 Å². The molecule has 1 aliphatic rings. The van der Waals surface area contributed by atoms with Gasteiger partial charge in [-0.05, 0) is 6.07 Å². The number of methoxy groups -OCH3 is 1. The van der Waals surface area contributed by atoms with Gasteiger partial charge in [-0.25, -0.2) is 0 Å². The van der Waals surface area contributed by atoms with Gasteiger partial charge in [-0.2, -0.15) is 0 Å². The first-order valence-corrected chi connectivity index (χ1v) is 4.50. The summed E-state index contributed by atoms with van der Waals surface area (Å²) in [6.07, 6.45) is 0. The molecule has 0 aromatic heterocycles. The van der Waals surface area contributed by atoms with E-state index in [9.17, 15) is 0 Å². The summed E-state index contributed by atoms with van der Waals surface area (Å²) in [7, 11) is 1.53. The highest BCUT2D eigenvalue weighted by Gasteiger charge is 2.17. The molecule has 0 spiro atoms. The first-order chi connectivity index (χ1) is 7.35. The van der Waals surface area contributed by atoms with Crippen molar-refractivity contribution in [1.29, 1.82) is 0 Å². The van der Waals surface area contributed by atoms with E-state index in [0.717, 1.165) is 0 Å². The zero-order valence-corrected chi connectivity index (χ0v) is 8.36. The molecule has 0 amide bonds. The molecule has 1 aliphatic heterocycles. The van der Waals surface area contributed by atoms with Crippen LogP contribution in [-0.4, -0.2) is 25.8 Å². The van der Waals surface area contributed by atoms with Crippen LogP contribution >= 0.6 is 0 Å². The molecule has 0 radical (unpaired) electrons. The minimum atomic E-state index is -0.115. The van der Waals surface area contributed by atoms with E-state index in [4.69, 9.17) is 24.1 Å². The molecule has 1 heterocycles. The van der Waals surface area contributed by atoms with E-state index in [0.29, 0.717) is 22.8 Å². The Balaban J connectivity index is 2.27. The van der Waals surface area contributed by atoms with Crippen molar-refractivity contribution >= 4 is 0 Å². The van der Waals surface area contributed by atoms with Crippen molar-refractivity contribution in [2.45, 2.75) is 6.61 Å².